The van der Waals surface area contributed by atoms with E-state index in [0.29, 0.717) is 6.04 Å². The fourth-order valence-corrected chi connectivity index (χ4v) is 6.00. The lowest BCUT2D eigenvalue weighted by atomic mass is 9.50. The summed E-state index contributed by atoms with van der Waals surface area (Å²) in [7, 11) is 0. The fourth-order valence-electron chi connectivity index (χ4n) is 6.00. The lowest BCUT2D eigenvalue weighted by Crippen LogP contribution is -2.53. The van der Waals surface area contributed by atoms with Crippen molar-refractivity contribution in [1.82, 2.24) is 10.3 Å². The third-order valence-corrected chi connectivity index (χ3v) is 6.44. The molecule has 0 spiro atoms. The van der Waals surface area contributed by atoms with E-state index in [0.717, 1.165) is 36.1 Å². The van der Waals surface area contributed by atoms with Gasteiger partial charge in [0.2, 0.25) is 0 Å². The summed E-state index contributed by atoms with van der Waals surface area (Å²) in [6.45, 7) is 3.36. The Bertz CT molecular complexity index is 442. The molecule has 4 aliphatic rings. The standard InChI is InChI=1S/C19H28N2/c1-2-21-18(12-13-3-5-20-6-4-13)19-16-8-14-7-15(10-16)11-17(19)9-14/h3-6,14-19,21H,2,7-12H2,1H3. The summed E-state index contributed by atoms with van der Waals surface area (Å²) < 4.78 is 0. The normalized spacial score (nSPS) is 38.6. The van der Waals surface area contributed by atoms with Crippen LogP contribution in [0.4, 0.5) is 0 Å². The molecule has 1 aromatic rings. The summed E-state index contributed by atoms with van der Waals surface area (Å²) in [5.41, 5.74) is 1.45. The molecule has 4 fully saturated rings. The van der Waals surface area contributed by atoms with Crippen molar-refractivity contribution in [3.63, 3.8) is 0 Å². The first kappa shape index (κ1) is 13.8. The summed E-state index contributed by atoms with van der Waals surface area (Å²) in [6, 6.07) is 5.06. The molecule has 114 valence electrons. The Labute approximate surface area is 128 Å². The maximum absolute atomic E-state index is 4.16. The molecule has 0 amide bonds. The van der Waals surface area contributed by atoms with Gasteiger partial charge in [0.15, 0.2) is 0 Å². The lowest BCUT2D eigenvalue weighted by molar-refractivity contribution is -0.0515. The number of pyridine rings is 1. The number of aromatic nitrogens is 1. The summed E-state index contributed by atoms with van der Waals surface area (Å²) in [5, 5.41) is 3.84. The van der Waals surface area contributed by atoms with Crippen LogP contribution in [0.2, 0.25) is 0 Å². The Hall–Kier alpha value is -0.890. The smallest absolute Gasteiger partial charge is 0.0270 e. The van der Waals surface area contributed by atoms with Gasteiger partial charge in [0, 0.05) is 18.4 Å². The van der Waals surface area contributed by atoms with Crippen LogP contribution >= 0.6 is 0 Å². The van der Waals surface area contributed by atoms with Crippen molar-refractivity contribution in [2.24, 2.45) is 29.6 Å². The Kier molecular flexibility index (Phi) is 3.74. The zero-order valence-electron chi connectivity index (χ0n) is 13.2. The van der Waals surface area contributed by atoms with Crippen molar-refractivity contribution < 1.29 is 0 Å². The molecular weight excluding hydrogens is 256 g/mol. The first-order chi connectivity index (χ1) is 10.3. The van der Waals surface area contributed by atoms with Crippen LogP contribution in [-0.2, 0) is 6.42 Å². The van der Waals surface area contributed by atoms with Gasteiger partial charge < -0.3 is 5.32 Å². The Morgan fingerprint density at radius 3 is 2.24 bits per heavy atom. The molecule has 2 nitrogen and oxygen atoms in total. The Morgan fingerprint density at radius 1 is 1.05 bits per heavy atom. The minimum absolute atomic E-state index is 0.674. The number of hydrogen-bond acceptors (Lipinski definition) is 2. The van der Waals surface area contributed by atoms with E-state index in [4.69, 9.17) is 0 Å². The maximum atomic E-state index is 4.16. The molecule has 4 aliphatic carbocycles. The molecule has 4 saturated carbocycles. The minimum atomic E-state index is 0.674. The molecule has 21 heavy (non-hydrogen) atoms. The van der Waals surface area contributed by atoms with Crippen LogP contribution in [0.15, 0.2) is 24.5 Å². The van der Waals surface area contributed by atoms with Gasteiger partial charge in [-0.15, -0.1) is 0 Å². The van der Waals surface area contributed by atoms with E-state index >= 15 is 0 Å². The number of nitrogens with zero attached hydrogens (tertiary/aromatic N) is 1. The molecular formula is C19H28N2. The molecule has 1 atom stereocenters. The Balaban J connectivity index is 1.53. The van der Waals surface area contributed by atoms with E-state index in [1.54, 1.807) is 6.42 Å². The van der Waals surface area contributed by atoms with Gasteiger partial charge in [-0.1, -0.05) is 6.92 Å². The van der Waals surface area contributed by atoms with Crippen molar-refractivity contribution in [3.8, 4) is 0 Å². The monoisotopic (exact) mass is 284 g/mol. The van der Waals surface area contributed by atoms with Crippen LogP contribution < -0.4 is 5.32 Å². The van der Waals surface area contributed by atoms with Gasteiger partial charge in [-0.05, 0) is 92.4 Å². The highest BCUT2D eigenvalue weighted by Gasteiger charge is 2.50. The topological polar surface area (TPSA) is 24.9 Å². The predicted octanol–water partition coefficient (Wildman–Crippen LogP) is 3.67. The van der Waals surface area contributed by atoms with Crippen LogP contribution in [0.3, 0.4) is 0 Å². The van der Waals surface area contributed by atoms with Crippen molar-refractivity contribution in [1.29, 1.82) is 0 Å². The minimum Gasteiger partial charge on any atom is -0.314 e. The number of hydrogen-bond donors (Lipinski definition) is 1. The van der Waals surface area contributed by atoms with Gasteiger partial charge >= 0.3 is 0 Å². The summed E-state index contributed by atoms with van der Waals surface area (Å²) in [4.78, 5) is 4.16. The van der Waals surface area contributed by atoms with Gasteiger partial charge in [-0.25, -0.2) is 0 Å². The molecule has 0 saturated heterocycles. The molecule has 2 heteroatoms. The second kappa shape index (κ2) is 5.72. The van der Waals surface area contributed by atoms with Gasteiger partial charge in [0.05, 0.1) is 0 Å². The van der Waals surface area contributed by atoms with E-state index in [1.165, 1.54) is 37.7 Å². The van der Waals surface area contributed by atoms with Gasteiger partial charge in [-0.3, -0.25) is 4.98 Å². The summed E-state index contributed by atoms with van der Waals surface area (Å²) in [5.74, 6) is 5.09. The highest BCUT2D eigenvalue weighted by atomic mass is 14.9. The first-order valence-corrected chi connectivity index (χ1v) is 8.95. The predicted molar refractivity (Wildman–Crippen MR) is 85.9 cm³/mol. The van der Waals surface area contributed by atoms with Crippen molar-refractivity contribution in [2.75, 3.05) is 6.54 Å². The summed E-state index contributed by atoms with van der Waals surface area (Å²) in [6.07, 6.45) is 12.7. The first-order valence-electron chi connectivity index (χ1n) is 8.95. The van der Waals surface area contributed by atoms with Crippen LogP contribution in [0.1, 0.15) is 44.6 Å². The van der Waals surface area contributed by atoms with E-state index in [9.17, 15) is 0 Å². The number of nitrogens with one attached hydrogen (secondary N) is 1. The highest BCUT2D eigenvalue weighted by molar-refractivity contribution is 5.13. The largest absolute Gasteiger partial charge is 0.314 e. The van der Waals surface area contributed by atoms with E-state index in [-0.39, 0.29) is 0 Å². The van der Waals surface area contributed by atoms with Gasteiger partial charge in [0.25, 0.3) is 0 Å². The second-order valence-electron chi connectivity index (χ2n) is 7.73. The average Bonchev–Trinajstić information content (AvgIpc) is 2.47. The number of likely N-dealkylation sites (N-methyl/N-ethyl adjacent to an activating group) is 1. The third kappa shape index (κ3) is 2.63. The van der Waals surface area contributed by atoms with E-state index in [2.05, 4.69) is 29.4 Å². The molecule has 0 aliphatic heterocycles. The molecule has 1 unspecified atom stereocenters. The fraction of sp³-hybridized carbons (Fsp3) is 0.737. The molecule has 0 aromatic carbocycles. The quantitative estimate of drug-likeness (QED) is 0.892. The van der Waals surface area contributed by atoms with E-state index < -0.39 is 0 Å². The molecule has 1 aromatic heterocycles. The van der Waals surface area contributed by atoms with Gasteiger partial charge in [-0.2, -0.15) is 0 Å². The zero-order chi connectivity index (χ0) is 14.2. The SMILES string of the molecule is CCNC(Cc1ccncc1)C1C2CC3CC(C2)CC1C3. The van der Waals surface area contributed by atoms with E-state index in [1.807, 2.05) is 12.4 Å². The average molecular weight is 284 g/mol. The number of rotatable bonds is 5. The zero-order valence-corrected chi connectivity index (χ0v) is 13.2. The molecule has 1 heterocycles. The third-order valence-electron chi connectivity index (χ3n) is 6.44. The van der Waals surface area contributed by atoms with Crippen molar-refractivity contribution in [2.45, 2.75) is 51.5 Å². The molecule has 0 radical (unpaired) electrons. The van der Waals surface area contributed by atoms with Crippen LogP contribution in [0.5, 0.6) is 0 Å². The Morgan fingerprint density at radius 2 is 1.67 bits per heavy atom. The maximum Gasteiger partial charge on any atom is 0.0270 e. The van der Waals surface area contributed by atoms with Crippen LogP contribution in [0.25, 0.3) is 0 Å². The molecule has 4 bridgehead atoms. The lowest BCUT2D eigenvalue weighted by Gasteiger charge is -2.56. The van der Waals surface area contributed by atoms with Crippen LogP contribution in [-0.4, -0.2) is 17.6 Å². The van der Waals surface area contributed by atoms with Crippen molar-refractivity contribution in [3.05, 3.63) is 30.1 Å². The second-order valence-corrected chi connectivity index (χ2v) is 7.73. The summed E-state index contributed by atoms with van der Waals surface area (Å²) >= 11 is 0. The molecule has 5 rings (SSSR count). The highest BCUT2D eigenvalue weighted by Crippen LogP contribution is 2.57. The molecule has 1 N–H and O–H groups in total. The van der Waals surface area contributed by atoms with Gasteiger partial charge in [0.1, 0.15) is 0 Å². The van der Waals surface area contributed by atoms with Crippen molar-refractivity contribution >= 4 is 0 Å². The van der Waals surface area contributed by atoms with Crippen LogP contribution in [0, 0.1) is 29.6 Å².